The number of aromatic amines is 1. The Balaban J connectivity index is 2.43. The van der Waals surface area contributed by atoms with Crippen LogP contribution >= 0.6 is 0 Å². The van der Waals surface area contributed by atoms with Gasteiger partial charge in [-0.25, -0.2) is 0 Å². The molecule has 12 heavy (non-hydrogen) atoms. The van der Waals surface area contributed by atoms with Gasteiger partial charge in [0, 0.05) is 11.3 Å². The molecule has 0 saturated heterocycles. The molecule has 0 unspecified atom stereocenters. The van der Waals surface area contributed by atoms with Crippen LogP contribution in [0.25, 0.3) is 11.3 Å². The monoisotopic (exact) mass is 160 g/mol. The quantitative estimate of drug-likeness (QED) is 0.613. The van der Waals surface area contributed by atoms with Gasteiger partial charge in [-0.1, -0.05) is 17.3 Å². The zero-order valence-electron chi connectivity index (χ0n) is 6.36. The van der Waals surface area contributed by atoms with E-state index in [0.29, 0.717) is 0 Å². The molecule has 0 radical (unpaired) electrons. The maximum atomic E-state index is 5.54. The molecular formula is C8H8N4. The molecule has 0 aliphatic heterocycles. The van der Waals surface area contributed by atoms with Gasteiger partial charge < -0.3 is 5.73 Å². The van der Waals surface area contributed by atoms with Crippen molar-refractivity contribution in [3.05, 3.63) is 30.5 Å². The summed E-state index contributed by atoms with van der Waals surface area (Å²) in [6.45, 7) is 0. The van der Waals surface area contributed by atoms with Crippen LogP contribution in [-0.2, 0) is 0 Å². The van der Waals surface area contributed by atoms with Crippen molar-refractivity contribution in [3.63, 3.8) is 0 Å². The lowest BCUT2D eigenvalue weighted by atomic mass is 10.1. The molecule has 60 valence electrons. The normalized spacial score (nSPS) is 10.0. The van der Waals surface area contributed by atoms with Crippen LogP contribution in [0.3, 0.4) is 0 Å². The van der Waals surface area contributed by atoms with E-state index >= 15 is 0 Å². The van der Waals surface area contributed by atoms with Gasteiger partial charge in [-0.15, -0.1) is 5.10 Å². The Morgan fingerprint density at radius 3 is 2.50 bits per heavy atom. The Labute approximate surface area is 69.4 Å². The lowest BCUT2D eigenvalue weighted by molar-refractivity contribution is 0.942. The van der Waals surface area contributed by atoms with E-state index in [9.17, 15) is 0 Å². The number of hydrogen-bond acceptors (Lipinski definition) is 3. The number of nitrogens with two attached hydrogens (primary N) is 1. The second-order valence-electron chi connectivity index (χ2n) is 2.49. The molecule has 2 rings (SSSR count). The summed E-state index contributed by atoms with van der Waals surface area (Å²) in [5.74, 6) is 0. The molecule has 1 aromatic carbocycles. The summed E-state index contributed by atoms with van der Waals surface area (Å²) in [5, 5.41) is 10.1. The summed E-state index contributed by atoms with van der Waals surface area (Å²) in [5.41, 5.74) is 8.23. The molecule has 0 amide bonds. The Bertz CT molecular complexity index is 349. The zero-order valence-corrected chi connectivity index (χ0v) is 6.36. The highest BCUT2D eigenvalue weighted by Crippen LogP contribution is 2.16. The lowest BCUT2D eigenvalue weighted by Crippen LogP contribution is -1.83. The van der Waals surface area contributed by atoms with E-state index in [0.717, 1.165) is 16.9 Å². The molecule has 0 saturated carbocycles. The molecular weight excluding hydrogens is 152 g/mol. The first-order valence-electron chi connectivity index (χ1n) is 3.58. The third-order valence-electron chi connectivity index (χ3n) is 1.64. The van der Waals surface area contributed by atoms with Crippen molar-refractivity contribution in [2.24, 2.45) is 0 Å². The van der Waals surface area contributed by atoms with Crippen molar-refractivity contribution in [3.8, 4) is 11.3 Å². The molecule has 0 fully saturated rings. The minimum Gasteiger partial charge on any atom is -0.399 e. The van der Waals surface area contributed by atoms with Crippen molar-refractivity contribution in [2.45, 2.75) is 0 Å². The lowest BCUT2D eigenvalue weighted by Gasteiger charge is -1.95. The Kier molecular flexibility index (Phi) is 1.51. The second kappa shape index (κ2) is 2.65. The molecule has 4 nitrogen and oxygen atoms in total. The van der Waals surface area contributed by atoms with Crippen LogP contribution in [-0.4, -0.2) is 15.4 Å². The van der Waals surface area contributed by atoms with Crippen LogP contribution in [0.5, 0.6) is 0 Å². The smallest absolute Gasteiger partial charge is 0.0853 e. The van der Waals surface area contributed by atoms with Crippen LogP contribution < -0.4 is 5.73 Å². The first kappa shape index (κ1) is 6.84. The first-order chi connectivity index (χ1) is 5.86. The number of nitrogens with zero attached hydrogens (tertiary/aromatic N) is 2. The summed E-state index contributed by atoms with van der Waals surface area (Å²) in [7, 11) is 0. The van der Waals surface area contributed by atoms with Gasteiger partial charge in [-0.05, 0) is 12.1 Å². The van der Waals surface area contributed by atoms with Crippen LogP contribution in [0.15, 0.2) is 30.5 Å². The van der Waals surface area contributed by atoms with E-state index in [1.807, 2.05) is 24.3 Å². The van der Waals surface area contributed by atoms with E-state index in [-0.39, 0.29) is 0 Å². The van der Waals surface area contributed by atoms with Crippen LogP contribution in [0.1, 0.15) is 0 Å². The molecule has 0 bridgehead atoms. The summed E-state index contributed by atoms with van der Waals surface area (Å²) >= 11 is 0. The van der Waals surface area contributed by atoms with Crippen LogP contribution in [0.4, 0.5) is 5.69 Å². The molecule has 1 heterocycles. The number of anilines is 1. The molecule has 0 aliphatic rings. The van der Waals surface area contributed by atoms with E-state index in [1.165, 1.54) is 0 Å². The fraction of sp³-hybridized carbons (Fsp3) is 0. The minimum absolute atomic E-state index is 0.756. The van der Waals surface area contributed by atoms with Gasteiger partial charge in [0.2, 0.25) is 0 Å². The number of nitrogens with one attached hydrogen (secondary N) is 1. The third kappa shape index (κ3) is 1.14. The number of hydrogen-bond donors (Lipinski definition) is 2. The van der Waals surface area contributed by atoms with Gasteiger partial charge in [0.1, 0.15) is 0 Å². The van der Waals surface area contributed by atoms with Gasteiger partial charge >= 0.3 is 0 Å². The SMILES string of the molecule is Nc1ccc(-c2cnn[nH]2)cc1. The largest absolute Gasteiger partial charge is 0.399 e. The maximum Gasteiger partial charge on any atom is 0.0853 e. The number of H-pyrrole nitrogens is 1. The molecule has 1 aromatic heterocycles. The van der Waals surface area contributed by atoms with E-state index in [1.54, 1.807) is 6.20 Å². The number of rotatable bonds is 1. The second-order valence-corrected chi connectivity index (χ2v) is 2.49. The topological polar surface area (TPSA) is 67.6 Å². The average molecular weight is 160 g/mol. The van der Waals surface area contributed by atoms with E-state index in [4.69, 9.17) is 5.73 Å². The van der Waals surface area contributed by atoms with Crippen LogP contribution in [0.2, 0.25) is 0 Å². The fourth-order valence-corrected chi connectivity index (χ4v) is 1.000. The zero-order chi connectivity index (χ0) is 8.39. The summed E-state index contributed by atoms with van der Waals surface area (Å²) < 4.78 is 0. The minimum atomic E-state index is 0.756. The van der Waals surface area contributed by atoms with Crippen molar-refractivity contribution in [1.82, 2.24) is 15.4 Å². The van der Waals surface area contributed by atoms with E-state index < -0.39 is 0 Å². The summed E-state index contributed by atoms with van der Waals surface area (Å²) in [6, 6.07) is 7.53. The van der Waals surface area contributed by atoms with Gasteiger partial charge in [-0.2, -0.15) is 0 Å². The van der Waals surface area contributed by atoms with Gasteiger partial charge in [0.05, 0.1) is 11.9 Å². The number of aromatic nitrogens is 3. The highest BCUT2D eigenvalue weighted by Gasteiger charge is 1.97. The van der Waals surface area contributed by atoms with Gasteiger partial charge in [0.25, 0.3) is 0 Å². The molecule has 0 spiro atoms. The number of benzene rings is 1. The first-order valence-corrected chi connectivity index (χ1v) is 3.58. The van der Waals surface area contributed by atoms with Gasteiger partial charge in [-0.3, -0.25) is 5.10 Å². The molecule has 4 heteroatoms. The average Bonchev–Trinajstić information content (AvgIpc) is 2.58. The Hall–Kier alpha value is -1.84. The maximum absolute atomic E-state index is 5.54. The molecule has 0 aliphatic carbocycles. The fourth-order valence-electron chi connectivity index (χ4n) is 1.000. The Morgan fingerprint density at radius 2 is 1.92 bits per heavy atom. The summed E-state index contributed by atoms with van der Waals surface area (Å²) in [4.78, 5) is 0. The molecule has 2 aromatic rings. The predicted molar refractivity (Wildman–Crippen MR) is 46.2 cm³/mol. The summed E-state index contributed by atoms with van der Waals surface area (Å²) in [6.07, 6.45) is 1.67. The van der Waals surface area contributed by atoms with Crippen molar-refractivity contribution in [2.75, 3.05) is 5.73 Å². The highest BCUT2D eigenvalue weighted by molar-refractivity contribution is 5.60. The standard InChI is InChI=1S/C8H8N4/c9-7-3-1-6(2-4-7)8-5-10-12-11-8/h1-5H,9H2,(H,10,11,12). The number of nitrogen functional groups attached to an aromatic ring is 1. The third-order valence-corrected chi connectivity index (χ3v) is 1.64. The molecule has 3 N–H and O–H groups in total. The van der Waals surface area contributed by atoms with E-state index in [2.05, 4.69) is 15.4 Å². The van der Waals surface area contributed by atoms with Crippen molar-refractivity contribution >= 4 is 5.69 Å². The highest BCUT2D eigenvalue weighted by atomic mass is 15.3. The van der Waals surface area contributed by atoms with Crippen molar-refractivity contribution < 1.29 is 0 Å². The Morgan fingerprint density at radius 1 is 1.17 bits per heavy atom. The predicted octanol–water partition coefficient (Wildman–Crippen LogP) is 1.05. The van der Waals surface area contributed by atoms with Crippen LogP contribution in [0, 0.1) is 0 Å². The van der Waals surface area contributed by atoms with Gasteiger partial charge in [0.15, 0.2) is 0 Å². The molecule has 0 atom stereocenters. The van der Waals surface area contributed by atoms with Crippen molar-refractivity contribution in [1.29, 1.82) is 0 Å².